The van der Waals surface area contributed by atoms with Gasteiger partial charge in [-0.1, -0.05) is 57.4 Å². The second-order valence-corrected chi connectivity index (χ2v) is 7.01. The van der Waals surface area contributed by atoms with Crippen molar-refractivity contribution in [3.8, 4) is 0 Å². The van der Waals surface area contributed by atoms with Crippen LogP contribution in [0.1, 0.15) is 76.0 Å². The zero-order valence-electron chi connectivity index (χ0n) is 14.1. The van der Waals surface area contributed by atoms with Crippen molar-refractivity contribution in [3.05, 3.63) is 35.4 Å². The van der Waals surface area contributed by atoms with Crippen LogP contribution in [0.3, 0.4) is 0 Å². The third-order valence-electron chi connectivity index (χ3n) is 4.90. The Kier molecular flexibility index (Phi) is 6.01. The molecule has 1 aliphatic rings. The van der Waals surface area contributed by atoms with Crippen LogP contribution in [0.2, 0.25) is 0 Å². The highest BCUT2D eigenvalue weighted by molar-refractivity contribution is 5.79. The highest BCUT2D eigenvalue weighted by atomic mass is 16.1. The first-order chi connectivity index (χ1) is 10.5. The molecule has 1 aliphatic carbocycles. The van der Waals surface area contributed by atoms with Gasteiger partial charge in [0.2, 0.25) is 5.91 Å². The Hall–Kier alpha value is -1.35. The number of hydrogen-bond donors (Lipinski definition) is 2. The fraction of sp³-hybridized carbons (Fsp3) is 0.632. The molecule has 0 aromatic heterocycles. The number of primary amides is 1. The van der Waals surface area contributed by atoms with Gasteiger partial charge in [0.1, 0.15) is 0 Å². The van der Waals surface area contributed by atoms with E-state index in [0.717, 1.165) is 5.92 Å². The van der Waals surface area contributed by atoms with E-state index in [-0.39, 0.29) is 18.0 Å². The second kappa shape index (κ2) is 7.77. The van der Waals surface area contributed by atoms with E-state index in [4.69, 9.17) is 5.73 Å². The van der Waals surface area contributed by atoms with E-state index in [9.17, 15) is 4.79 Å². The summed E-state index contributed by atoms with van der Waals surface area (Å²) in [6, 6.07) is 8.83. The molecule has 0 heterocycles. The van der Waals surface area contributed by atoms with Crippen molar-refractivity contribution in [1.29, 1.82) is 0 Å². The van der Waals surface area contributed by atoms with Crippen LogP contribution in [0.5, 0.6) is 0 Å². The molecule has 3 nitrogen and oxygen atoms in total. The standard InChI is InChI=1S/C19H30N2O/c1-13(2)18(21-14(3)19(20)22)17-11-9-16(10-12-17)15-7-5-4-6-8-15/h9-15,18,21H,4-8H2,1-3H3,(H2,20,22)/t14-,18+/m1/s1. The molecule has 0 radical (unpaired) electrons. The minimum atomic E-state index is -0.314. The molecule has 0 bridgehead atoms. The predicted molar refractivity (Wildman–Crippen MR) is 91.6 cm³/mol. The molecule has 1 aromatic rings. The fourth-order valence-corrected chi connectivity index (χ4v) is 3.44. The molecular weight excluding hydrogens is 272 g/mol. The molecule has 22 heavy (non-hydrogen) atoms. The minimum Gasteiger partial charge on any atom is -0.368 e. The molecule has 0 saturated heterocycles. The van der Waals surface area contributed by atoms with E-state index in [2.05, 4.69) is 43.4 Å². The van der Waals surface area contributed by atoms with Gasteiger partial charge in [0, 0.05) is 6.04 Å². The zero-order chi connectivity index (χ0) is 16.1. The van der Waals surface area contributed by atoms with Crippen molar-refractivity contribution < 1.29 is 4.79 Å². The van der Waals surface area contributed by atoms with Crippen LogP contribution in [-0.2, 0) is 4.79 Å². The van der Waals surface area contributed by atoms with Crippen LogP contribution in [0.15, 0.2) is 24.3 Å². The number of carbonyl (C=O) groups is 1. The first-order valence-corrected chi connectivity index (χ1v) is 8.64. The third-order valence-corrected chi connectivity index (χ3v) is 4.90. The van der Waals surface area contributed by atoms with Crippen molar-refractivity contribution in [2.45, 2.75) is 70.9 Å². The highest BCUT2D eigenvalue weighted by Crippen LogP contribution is 2.33. The lowest BCUT2D eigenvalue weighted by Crippen LogP contribution is -2.42. The van der Waals surface area contributed by atoms with Gasteiger partial charge in [-0.2, -0.15) is 0 Å². The van der Waals surface area contributed by atoms with Gasteiger partial charge in [0.25, 0.3) is 0 Å². The van der Waals surface area contributed by atoms with Gasteiger partial charge in [0.05, 0.1) is 6.04 Å². The Morgan fingerprint density at radius 1 is 1.09 bits per heavy atom. The van der Waals surface area contributed by atoms with Crippen LogP contribution in [0.4, 0.5) is 0 Å². The van der Waals surface area contributed by atoms with Crippen molar-refractivity contribution >= 4 is 5.91 Å². The molecule has 0 aliphatic heterocycles. The lowest BCUT2D eigenvalue weighted by Gasteiger charge is -2.27. The number of nitrogens with two attached hydrogens (primary N) is 1. The lowest BCUT2D eigenvalue weighted by atomic mass is 9.83. The second-order valence-electron chi connectivity index (χ2n) is 7.01. The quantitative estimate of drug-likeness (QED) is 0.837. The van der Waals surface area contributed by atoms with Crippen LogP contribution in [0, 0.1) is 5.92 Å². The largest absolute Gasteiger partial charge is 0.368 e. The van der Waals surface area contributed by atoms with Gasteiger partial charge in [-0.25, -0.2) is 0 Å². The molecular formula is C19H30N2O. The van der Waals surface area contributed by atoms with E-state index in [0.29, 0.717) is 5.92 Å². The summed E-state index contributed by atoms with van der Waals surface area (Å²) in [6.45, 7) is 6.16. The van der Waals surface area contributed by atoms with Gasteiger partial charge in [-0.05, 0) is 42.7 Å². The molecule has 1 saturated carbocycles. The zero-order valence-corrected chi connectivity index (χ0v) is 14.1. The van der Waals surface area contributed by atoms with Crippen LogP contribution >= 0.6 is 0 Å². The molecule has 1 aromatic carbocycles. The molecule has 1 amide bonds. The minimum absolute atomic E-state index is 0.155. The fourth-order valence-electron chi connectivity index (χ4n) is 3.44. The molecule has 0 unspecified atom stereocenters. The third kappa shape index (κ3) is 4.33. The number of amides is 1. The van der Waals surface area contributed by atoms with Gasteiger partial charge >= 0.3 is 0 Å². The maximum Gasteiger partial charge on any atom is 0.234 e. The summed E-state index contributed by atoms with van der Waals surface area (Å²) < 4.78 is 0. The summed E-state index contributed by atoms with van der Waals surface area (Å²) in [5, 5.41) is 3.36. The van der Waals surface area contributed by atoms with Gasteiger partial charge < -0.3 is 5.73 Å². The van der Waals surface area contributed by atoms with E-state index in [1.54, 1.807) is 0 Å². The lowest BCUT2D eigenvalue weighted by molar-refractivity contribution is -0.119. The molecule has 3 heteroatoms. The van der Waals surface area contributed by atoms with Crippen molar-refractivity contribution in [2.24, 2.45) is 11.7 Å². The van der Waals surface area contributed by atoms with Crippen LogP contribution in [0.25, 0.3) is 0 Å². The Labute approximate surface area is 134 Å². The first-order valence-electron chi connectivity index (χ1n) is 8.64. The van der Waals surface area contributed by atoms with E-state index in [1.165, 1.54) is 43.2 Å². The molecule has 3 N–H and O–H groups in total. The topological polar surface area (TPSA) is 55.1 Å². The maximum absolute atomic E-state index is 11.3. The molecule has 2 atom stereocenters. The van der Waals surface area contributed by atoms with E-state index >= 15 is 0 Å². The average molecular weight is 302 g/mol. The molecule has 122 valence electrons. The Morgan fingerprint density at radius 2 is 1.68 bits per heavy atom. The van der Waals surface area contributed by atoms with E-state index < -0.39 is 0 Å². The Morgan fingerprint density at radius 3 is 2.18 bits per heavy atom. The number of rotatable bonds is 6. The number of benzene rings is 1. The molecule has 0 spiro atoms. The number of nitrogens with one attached hydrogen (secondary N) is 1. The maximum atomic E-state index is 11.3. The molecule has 1 fully saturated rings. The number of carbonyl (C=O) groups excluding carboxylic acids is 1. The summed E-state index contributed by atoms with van der Waals surface area (Å²) in [5.41, 5.74) is 8.09. The predicted octanol–water partition coefficient (Wildman–Crippen LogP) is 3.89. The van der Waals surface area contributed by atoms with Gasteiger partial charge in [-0.15, -0.1) is 0 Å². The SMILES string of the molecule is CC(C)[C@H](N[C@H](C)C(N)=O)c1ccc(C2CCCCC2)cc1. The average Bonchev–Trinajstić information content (AvgIpc) is 2.53. The molecule has 2 rings (SSSR count). The highest BCUT2D eigenvalue weighted by Gasteiger charge is 2.21. The van der Waals surface area contributed by atoms with Crippen LogP contribution < -0.4 is 11.1 Å². The van der Waals surface area contributed by atoms with Crippen molar-refractivity contribution in [3.63, 3.8) is 0 Å². The van der Waals surface area contributed by atoms with E-state index in [1.807, 2.05) is 6.92 Å². The van der Waals surface area contributed by atoms with Gasteiger partial charge in [-0.3, -0.25) is 10.1 Å². The Balaban J connectivity index is 2.09. The summed E-state index contributed by atoms with van der Waals surface area (Å²) in [5.74, 6) is 0.838. The monoisotopic (exact) mass is 302 g/mol. The van der Waals surface area contributed by atoms with Crippen LogP contribution in [-0.4, -0.2) is 11.9 Å². The summed E-state index contributed by atoms with van der Waals surface area (Å²) in [7, 11) is 0. The first kappa shape index (κ1) is 17.0. The van der Waals surface area contributed by atoms with Crippen molar-refractivity contribution in [1.82, 2.24) is 5.32 Å². The number of hydrogen-bond acceptors (Lipinski definition) is 2. The summed E-state index contributed by atoms with van der Waals surface area (Å²) in [6.07, 6.45) is 6.75. The Bertz CT molecular complexity index is 475. The summed E-state index contributed by atoms with van der Waals surface area (Å²) >= 11 is 0. The van der Waals surface area contributed by atoms with Crippen molar-refractivity contribution in [2.75, 3.05) is 0 Å². The normalized spacial score (nSPS) is 19.1. The smallest absolute Gasteiger partial charge is 0.234 e. The van der Waals surface area contributed by atoms with Gasteiger partial charge in [0.15, 0.2) is 0 Å². The summed E-state index contributed by atoms with van der Waals surface area (Å²) in [4.78, 5) is 11.3.